The maximum Gasteiger partial charge on any atom is 0.138 e. The van der Waals surface area contributed by atoms with Crippen molar-refractivity contribution < 1.29 is 4.74 Å². The van der Waals surface area contributed by atoms with E-state index in [1.54, 1.807) is 6.20 Å². The molecule has 5 heterocycles. The Bertz CT molecular complexity index is 1500. The van der Waals surface area contributed by atoms with Gasteiger partial charge in [0.15, 0.2) is 0 Å². The molecule has 1 aromatic carbocycles. The Morgan fingerprint density at radius 1 is 0.944 bits per heavy atom. The highest BCUT2D eigenvalue weighted by Gasteiger charge is 2.18. The van der Waals surface area contributed by atoms with Gasteiger partial charge in [0, 0.05) is 48.4 Å². The number of nitrogens with zero attached hydrogens (tertiary/aromatic N) is 5. The van der Waals surface area contributed by atoms with E-state index in [9.17, 15) is 0 Å². The van der Waals surface area contributed by atoms with E-state index in [4.69, 9.17) is 9.72 Å². The SMILES string of the molecule is CN(C)CCOc1cncc(-c2ccc3[nH]nc(-c4cc5c(N6CCCCC6)nccc5[nH]4)c3c2)c1. The van der Waals surface area contributed by atoms with Crippen LogP contribution in [0.2, 0.25) is 0 Å². The Kier molecular flexibility index (Phi) is 6.03. The van der Waals surface area contributed by atoms with Crippen molar-refractivity contribution in [2.24, 2.45) is 0 Å². The van der Waals surface area contributed by atoms with Crippen LogP contribution in [0.4, 0.5) is 5.82 Å². The number of likely N-dealkylation sites (N-methyl/N-ethyl adjacent to an activating group) is 1. The van der Waals surface area contributed by atoms with E-state index in [1.165, 1.54) is 19.3 Å². The van der Waals surface area contributed by atoms with E-state index in [2.05, 4.69) is 54.2 Å². The second-order valence-corrected chi connectivity index (χ2v) is 9.72. The van der Waals surface area contributed by atoms with Gasteiger partial charge in [0.05, 0.1) is 22.9 Å². The second-order valence-electron chi connectivity index (χ2n) is 9.72. The molecule has 36 heavy (non-hydrogen) atoms. The first-order valence-corrected chi connectivity index (χ1v) is 12.6. The standard InChI is InChI=1S/C28H31N7O/c1-34(2)12-13-36-21-14-20(17-29-18-21)19-6-7-25-22(15-19)27(33-32-25)26-16-23-24(31-26)8-9-30-28(23)35-10-4-3-5-11-35/h6-9,14-18,31H,3-5,10-13H2,1-2H3,(H,32,33). The zero-order valence-corrected chi connectivity index (χ0v) is 20.8. The van der Waals surface area contributed by atoms with Crippen molar-refractivity contribution in [3.05, 3.63) is 55.0 Å². The highest BCUT2D eigenvalue weighted by molar-refractivity contribution is 6.00. The highest BCUT2D eigenvalue weighted by atomic mass is 16.5. The molecule has 0 saturated carbocycles. The topological polar surface area (TPSA) is 86.0 Å². The molecule has 1 aliphatic rings. The van der Waals surface area contributed by atoms with E-state index in [1.807, 2.05) is 38.6 Å². The fourth-order valence-corrected chi connectivity index (χ4v) is 4.92. The summed E-state index contributed by atoms with van der Waals surface area (Å²) in [5.74, 6) is 1.84. The van der Waals surface area contributed by atoms with Crippen molar-refractivity contribution in [1.29, 1.82) is 0 Å². The van der Waals surface area contributed by atoms with E-state index in [0.29, 0.717) is 6.61 Å². The Balaban J connectivity index is 1.34. The predicted molar refractivity (Wildman–Crippen MR) is 145 cm³/mol. The number of nitrogens with one attached hydrogen (secondary N) is 2. The number of piperidine rings is 1. The number of ether oxygens (including phenoxy) is 1. The van der Waals surface area contributed by atoms with Crippen LogP contribution in [0.5, 0.6) is 5.75 Å². The normalized spacial score (nSPS) is 14.2. The van der Waals surface area contributed by atoms with Gasteiger partial charge < -0.3 is 19.5 Å². The number of H-pyrrole nitrogens is 2. The summed E-state index contributed by atoms with van der Waals surface area (Å²) in [5.41, 5.74) is 6.05. The lowest BCUT2D eigenvalue weighted by Gasteiger charge is -2.28. The van der Waals surface area contributed by atoms with Crippen LogP contribution in [-0.2, 0) is 0 Å². The van der Waals surface area contributed by atoms with E-state index in [0.717, 1.165) is 75.5 Å². The van der Waals surface area contributed by atoms with Crippen LogP contribution in [-0.4, -0.2) is 70.4 Å². The summed E-state index contributed by atoms with van der Waals surface area (Å²) in [6.45, 7) is 3.60. The second kappa shape index (κ2) is 9.62. The van der Waals surface area contributed by atoms with Gasteiger partial charge in [0.25, 0.3) is 0 Å². The number of pyridine rings is 2. The van der Waals surface area contributed by atoms with Crippen LogP contribution in [0.1, 0.15) is 19.3 Å². The lowest BCUT2D eigenvalue weighted by atomic mass is 10.0. The number of fused-ring (bicyclic) bond motifs is 2. The van der Waals surface area contributed by atoms with Gasteiger partial charge in [-0.2, -0.15) is 5.10 Å². The first kappa shape index (κ1) is 22.5. The van der Waals surface area contributed by atoms with Crippen molar-refractivity contribution in [1.82, 2.24) is 30.0 Å². The molecule has 0 radical (unpaired) electrons. The fourth-order valence-electron chi connectivity index (χ4n) is 4.92. The smallest absolute Gasteiger partial charge is 0.138 e. The molecule has 0 bridgehead atoms. The number of hydrogen-bond donors (Lipinski definition) is 2. The minimum absolute atomic E-state index is 0.623. The van der Waals surface area contributed by atoms with Crippen LogP contribution >= 0.6 is 0 Å². The van der Waals surface area contributed by atoms with Crippen molar-refractivity contribution in [3.8, 4) is 28.3 Å². The maximum absolute atomic E-state index is 5.90. The molecule has 0 spiro atoms. The molecule has 0 atom stereocenters. The van der Waals surface area contributed by atoms with Gasteiger partial charge in [-0.1, -0.05) is 6.07 Å². The van der Waals surface area contributed by atoms with E-state index >= 15 is 0 Å². The van der Waals surface area contributed by atoms with Gasteiger partial charge in [-0.25, -0.2) is 4.98 Å². The maximum atomic E-state index is 5.90. The molecular formula is C28H31N7O. The van der Waals surface area contributed by atoms with Gasteiger partial charge in [-0.3, -0.25) is 10.1 Å². The van der Waals surface area contributed by atoms with E-state index in [-0.39, 0.29) is 0 Å². The number of anilines is 1. The molecule has 1 fully saturated rings. The summed E-state index contributed by atoms with van der Waals surface area (Å²) in [6.07, 6.45) is 9.28. The lowest BCUT2D eigenvalue weighted by molar-refractivity contribution is 0.261. The molecule has 0 unspecified atom stereocenters. The average molecular weight is 482 g/mol. The van der Waals surface area contributed by atoms with Crippen molar-refractivity contribution in [3.63, 3.8) is 0 Å². The van der Waals surface area contributed by atoms with Crippen LogP contribution in [0, 0.1) is 0 Å². The molecule has 0 amide bonds. The lowest BCUT2D eigenvalue weighted by Crippen LogP contribution is -2.30. The third-order valence-electron chi connectivity index (χ3n) is 6.85. The van der Waals surface area contributed by atoms with Crippen LogP contribution in [0.25, 0.3) is 44.3 Å². The largest absolute Gasteiger partial charge is 0.491 e. The monoisotopic (exact) mass is 481 g/mol. The molecule has 4 aromatic heterocycles. The first-order valence-electron chi connectivity index (χ1n) is 12.6. The molecular weight excluding hydrogens is 450 g/mol. The highest BCUT2D eigenvalue weighted by Crippen LogP contribution is 2.35. The fraction of sp³-hybridized carbons (Fsp3) is 0.321. The minimum Gasteiger partial charge on any atom is -0.491 e. The Morgan fingerprint density at radius 3 is 2.69 bits per heavy atom. The Hall–Kier alpha value is -3.91. The molecule has 8 heteroatoms. The van der Waals surface area contributed by atoms with Crippen LogP contribution in [0.15, 0.2) is 55.0 Å². The van der Waals surface area contributed by atoms with Gasteiger partial charge in [-0.15, -0.1) is 0 Å². The number of rotatable bonds is 7. The van der Waals surface area contributed by atoms with Crippen molar-refractivity contribution in [2.75, 3.05) is 45.2 Å². The summed E-state index contributed by atoms with van der Waals surface area (Å²) in [4.78, 5) is 17.2. The van der Waals surface area contributed by atoms with Gasteiger partial charge >= 0.3 is 0 Å². The molecule has 1 saturated heterocycles. The average Bonchev–Trinajstić information content (AvgIpc) is 3.53. The molecule has 6 rings (SSSR count). The van der Waals surface area contributed by atoms with E-state index < -0.39 is 0 Å². The predicted octanol–water partition coefficient (Wildman–Crippen LogP) is 5.10. The molecule has 1 aliphatic heterocycles. The molecule has 8 nitrogen and oxygen atoms in total. The van der Waals surface area contributed by atoms with Gasteiger partial charge in [0.2, 0.25) is 0 Å². The summed E-state index contributed by atoms with van der Waals surface area (Å²) in [5, 5.41) is 10.1. The molecule has 2 N–H and O–H groups in total. The Labute approximate surface area is 210 Å². The van der Waals surface area contributed by atoms with Crippen LogP contribution in [0.3, 0.4) is 0 Å². The van der Waals surface area contributed by atoms with Crippen molar-refractivity contribution in [2.45, 2.75) is 19.3 Å². The summed E-state index contributed by atoms with van der Waals surface area (Å²) < 4.78 is 5.90. The van der Waals surface area contributed by atoms with Crippen molar-refractivity contribution >= 4 is 27.6 Å². The quantitative estimate of drug-likeness (QED) is 0.336. The number of benzene rings is 1. The van der Waals surface area contributed by atoms with Gasteiger partial charge in [-0.05, 0) is 69.3 Å². The zero-order chi connectivity index (χ0) is 24.5. The summed E-state index contributed by atoms with van der Waals surface area (Å²) >= 11 is 0. The molecule has 5 aromatic rings. The number of aromatic nitrogens is 5. The number of hydrogen-bond acceptors (Lipinski definition) is 6. The molecule has 184 valence electrons. The first-order chi connectivity index (χ1) is 17.7. The summed E-state index contributed by atoms with van der Waals surface area (Å²) in [7, 11) is 4.07. The molecule has 0 aliphatic carbocycles. The summed E-state index contributed by atoms with van der Waals surface area (Å²) in [6, 6.07) is 12.6. The zero-order valence-electron chi connectivity index (χ0n) is 20.8. The van der Waals surface area contributed by atoms with Gasteiger partial charge in [0.1, 0.15) is 23.9 Å². The number of aromatic amines is 2. The third kappa shape index (κ3) is 4.40. The Morgan fingerprint density at radius 2 is 1.83 bits per heavy atom. The third-order valence-corrected chi connectivity index (χ3v) is 6.85. The minimum atomic E-state index is 0.623. The van der Waals surface area contributed by atoms with Crippen LogP contribution < -0.4 is 9.64 Å².